The summed E-state index contributed by atoms with van der Waals surface area (Å²) in [5.41, 5.74) is 1.12. The fourth-order valence-electron chi connectivity index (χ4n) is 3.14. The predicted octanol–water partition coefficient (Wildman–Crippen LogP) is 3.11. The quantitative estimate of drug-likeness (QED) is 0.856. The van der Waals surface area contributed by atoms with Crippen molar-refractivity contribution in [3.63, 3.8) is 0 Å². The van der Waals surface area contributed by atoms with Crippen LogP contribution in [0, 0.1) is 5.82 Å². The monoisotopic (exact) mass is 342 g/mol. The highest BCUT2D eigenvalue weighted by molar-refractivity contribution is 5.81. The van der Waals surface area contributed by atoms with E-state index in [2.05, 4.69) is 24.1 Å². The van der Waals surface area contributed by atoms with Gasteiger partial charge in [0, 0.05) is 19.6 Å². The zero-order valence-corrected chi connectivity index (χ0v) is 14.6. The maximum atomic E-state index is 13.0. The molecule has 132 valence electrons. The number of hydrogen-bond acceptors (Lipinski definition) is 3. The molecule has 0 N–H and O–H groups in total. The van der Waals surface area contributed by atoms with Gasteiger partial charge in [0.2, 0.25) is 0 Å². The third-order valence-corrected chi connectivity index (χ3v) is 4.53. The van der Waals surface area contributed by atoms with Crippen molar-refractivity contribution in [3.05, 3.63) is 66.0 Å². The minimum atomic E-state index is -0.625. The van der Waals surface area contributed by atoms with Gasteiger partial charge in [0.25, 0.3) is 5.91 Å². The van der Waals surface area contributed by atoms with Gasteiger partial charge in [-0.3, -0.25) is 4.79 Å². The van der Waals surface area contributed by atoms with Crippen LogP contribution in [0.5, 0.6) is 5.75 Å². The molecule has 25 heavy (non-hydrogen) atoms. The lowest BCUT2D eigenvalue weighted by Crippen LogP contribution is -2.52. The van der Waals surface area contributed by atoms with Crippen LogP contribution in [0.2, 0.25) is 0 Å². The molecule has 1 saturated heterocycles. The number of rotatable bonds is 4. The fourth-order valence-corrected chi connectivity index (χ4v) is 3.14. The lowest BCUT2D eigenvalue weighted by atomic mass is 10.0. The van der Waals surface area contributed by atoms with E-state index >= 15 is 0 Å². The Morgan fingerprint density at radius 3 is 2.48 bits per heavy atom. The number of piperazine rings is 1. The van der Waals surface area contributed by atoms with E-state index in [1.54, 1.807) is 6.92 Å². The number of ether oxygens (including phenoxy) is 1. The summed E-state index contributed by atoms with van der Waals surface area (Å²) in [5, 5.41) is 0. The molecule has 1 aliphatic heterocycles. The molecule has 4 nitrogen and oxygen atoms in total. The second-order valence-corrected chi connectivity index (χ2v) is 6.43. The average molecular weight is 342 g/mol. The van der Waals surface area contributed by atoms with Crippen molar-refractivity contribution < 1.29 is 13.9 Å². The van der Waals surface area contributed by atoms with Crippen LogP contribution in [0.25, 0.3) is 0 Å². The summed E-state index contributed by atoms with van der Waals surface area (Å²) >= 11 is 0. The van der Waals surface area contributed by atoms with Gasteiger partial charge in [-0.25, -0.2) is 4.39 Å². The summed E-state index contributed by atoms with van der Waals surface area (Å²) in [6, 6.07) is 15.8. The molecule has 2 atom stereocenters. The Kier molecular flexibility index (Phi) is 5.34. The molecule has 0 saturated carbocycles. The summed E-state index contributed by atoms with van der Waals surface area (Å²) < 4.78 is 18.7. The van der Waals surface area contributed by atoms with Gasteiger partial charge in [0.1, 0.15) is 11.6 Å². The number of likely N-dealkylation sites (N-methyl/N-ethyl adjacent to an activating group) is 1. The van der Waals surface area contributed by atoms with Gasteiger partial charge in [-0.05, 0) is 43.8 Å². The Hall–Kier alpha value is -2.40. The molecule has 1 heterocycles. The number of nitrogens with zero attached hydrogens (tertiary/aromatic N) is 2. The minimum absolute atomic E-state index is 0.00622. The van der Waals surface area contributed by atoms with Crippen LogP contribution in [0.1, 0.15) is 18.5 Å². The Balaban J connectivity index is 1.75. The van der Waals surface area contributed by atoms with Crippen molar-refractivity contribution in [1.29, 1.82) is 0 Å². The zero-order chi connectivity index (χ0) is 17.8. The van der Waals surface area contributed by atoms with Crippen molar-refractivity contribution in [3.8, 4) is 5.75 Å². The van der Waals surface area contributed by atoms with Crippen molar-refractivity contribution >= 4 is 5.91 Å². The van der Waals surface area contributed by atoms with Gasteiger partial charge in [0.05, 0.1) is 6.04 Å². The normalized spacial score (nSPS) is 19.5. The number of carbonyl (C=O) groups excluding carboxylic acids is 1. The van der Waals surface area contributed by atoms with E-state index < -0.39 is 6.10 Å². The fraction of sp³-hybridized carbons (Fsp3) is 0.350. The molecule has 0 aliphatic carbocycles. The first-order valence-electron chi connectivity index (χ1n) is 8.51. The molecule has 5 heteroatoms. The zero-order valence-electron chi connectivity index (χ0n) is 14.6. The summed E-state index contributed by atoms with van der Waals surface area (Å²) in [5.74, 6) is 0.119. The second kappa shape index (κ2) is 7.66. The molecule has 0 aromatic heterocycles. The third-order valence-electron chi connectivity index (χ3n) is 4.53. The minimum Gasteiger partial charge on any atom is -0.481 e. The number of amides is 1. The Bertz CT molecular complexity index is 705. The molecule has 0 spiro atoms. The molecule has 1 aliphatic rings. The highest BCUT2D eigenvalue weighted by Gasteiger charge is 2.33. The first kappa shape index (κ1) is 17.4. The molecular formula is C20H23FN2O2. The molecule has 0 radical (unpaired) electrons. The van der Waals surface area contributed by atoms with Crippen LogP contribution in [0.15, 0.2) is 54.6 Å². The van der Waals surface area contributed by atoms with Crippen LogP contribution >= 0.6 is 0 Å². The standard InChI is InChI=1S/C20H23FN2O2/c1-15(25-18-10-8-17(21)9-11-18)20(24)23-13-12-22(2)14-19(23)16-6-4-3-5-7-16/h3-11,15,19H,12-14H2,1-2H3/t15-,19-/m1/s1. The van der Waals surface area contributed by atoms with E-state index in [9.17, 15) is 9.18 Å². The molecule has 1 fully saturated rings. The molecule has 0 bridgehead atoms. The topological polar surface area (TPSA) is 32.8 Å². The summed E-state index contributed by atoms with van der Waals surface area (Å²) in [6.45, 7) is 4.02. The van der Waals surface area contributed by atoms with Gasteiger partial charge in [-0.2, -0.15) is 0 Å². The lowest BCUT2D eigenvalue weighted by molar-refractivity contribution is -0.143. The highest BCUT2D eigenvalue weighted by atomic mass is 19.1. The van der Waals surface area contributed by atoms with Gasteiger partial charge in [-0.15, -0.1) is 0 Å². The van der Waals surface area contributed by atoms with E-state index in [0.717, 1.165) is 18.7 Å². The largest absolute Gasteiger partial charge is 0.481 e. The first-order chi connectivity index (χ1) is 12.0. The van der Waals surface area contributed by atoms with Gasteiger partial charge in [0.15, 0.2) is 6.10 Å². The van der Waals surface area contributed by atoms with E-state index in [1.807, 2.05) is 23.1 Å². The van der Waals surface area contributed by atoms with Crippen molar-refractivity contribution in [2.24, 2.45) is 0 Å². The lowest BCUT2D eigenvalue weighted by Gasteiger charge is -2.41. The van der Waals surface area contributed by atoms with E-state index in [4.69, 9.17) is 4.74 Å². The summed E-state index contributed by atoms with van der Waals surface area (Å²) in [4.78, 5) is 17.1. The van der Waals surface area contributed by atoms with E-state index in [1.165, 1.54) is 24.3 Å². The first-order valence-corrected chi connectivity index (χ1v) is 8.51. The van der Waals surface area contributed by atoms with Crippen LogP contribution in [0.4, 0.5) is 4.39 Å². The Morgan fingerprint density at radius 1 is 1.12 bits per heavy atom. The van der Waals surface area contributed by atoms with Crippen LogP contribution in [-0.4, -0.2) is 48.5 Å². The van der Waals surface area contributed by atoms with Gasteiger partial charge < -0.3 is 14.5 Å². The van der Waals surface area contributed by atoms with Crippen LogP contribution in [0.3, 0.4) is 0 Å². The summed E-state index contributed by atoms with van der Waals surface area (Å²) in [6.07, 6.45) is -0.625. The number of halogens is 1. The molecule has 0 unspecified atom stereocenters. The molecule has 1 amide bonds. The highest BCUT2D eigenvalue weighted by Crippen LogP contribution is 2.26. The molecular weight excluding hydrogens is 319 g/mol. The molecule has 2 aromatic rings. The van der Waals surface area contributed by atoms with Crippen LogP contribution in [-0.2, 0) is 4.79 Å². The maximum Gasteiger partial charge on any atom is 0.263 e. The van der Waals surface area contributed by atoms with Crippen molar-refractivity contribution in [1.82, 2.24) is 9.80 Å². The number of hydrogen-bond donors (Lipinski definition) is 0. The second-order valence-electron chi connectivity index (χ2n) is 6.43. The maximum absolute atomic E-state index is 13.0. The molecule has 3 rings (SSSR count). The number of benzene rings is 2. The van der Waals surface area contributed by atoms with Crippen LogP contribution < -0.4 is 4.74 Å². The van der Waals surface area contributed by atoms with E-state index in [0.29, 0.717) is 12.3 Å². The predicted molar refractivity (Wildman–Crippen MR) is 94.9 cm³/mol. The smallest absolute Gasteiger partial charge is 0.263 e. The SMILES string of the molecule is C[C@@H](Oc1ccc(F)cc1)C(=O)N1CCN(C)C[C@@H]1c1ccccc1. The van der Waals surface area contributed by atoms with Crippen molar-refractivity contribution in [2.45, 2.75) is 19.1 Å². The van der Waals surface area contributed by atoms with Crippen molar-refractivity contribution in [2.75, 3.05) is 26.7 Å². The van der Waals surface area contributed by atoms with Gasteiger partial charge in [-0.1, -0.05) is 30.3 Å². The molecule has 2 aromatic carbocycles. The Labute approximate surface area is 147 Å². The summed E-state index contributed by atoms with van der Waals surface area (Å²) in [7, 11) is 2.07. The Morgan fingerprint density at radius 2 is 1.80 bits per heavy atom. The number of carbonyl (C=O) groups is 1. The van der Waals surface area contributed by atoms with E-state index in [-0.39, 0.29) is 17.8 Å². The van der Waals surface area contributed by atoms with Gasteiger partial charge >= 0.3 is 0 Å². The third kappa shape index (κ3) is 4.17. The average Bonchev–Trinajstić information content (AvgIpc) is 2.63.